The Morgan fingerprint density at radius 3 is 2.53 bits per heavy atom. The van der Waals surface area contributed by atoms with Gasteiger partial charge in [0.1, 0.15) is 5.82 Å². The molecule has 0 atom stereocenters. The van der Waals surface area contributed by atoms with Gasteiger partial charge in [0.25, 0.3) is 0 Å². The van der Waals surface area contributed by atoms with Crippen LogP contribution in [0.25, 0.3) is 10.9 Å². The molecule has 1 aromatic carbocycles. The van der Waals surface area contributed by atoms with Gasteiger partial charge < -0.3 is 4.90 Å². The Kier molecular flexibility index (Phi) is 3.45. The van der Waals surface area contributed by atoms with E-state index in [1.165, 1.54) is 0 Å². The number of rotatable bonds is 2. The summed E-state index contributed by atoms with van der Waals surface area (Å²) in [7, 11) is 3.94. The molecule has 0 unspecified atom stereocenters. The van der Waals surface area contributed by atoms with Crippen LogP contribution in [0.2, 0.25) is 10.0 Å². The van der Waals surface area contributed by atoms with Crippen LogP contribution in [0.15, 0.2) is 18.2 Å². The zero-order valence-electron chi connectivity index (χ0n) is 10.1. The predicted octanol–water partition coefficient (Wildman–Crippen LogP) is 4.17. The first-order chi connectivity index (χ1) is 8.04. The van der Waals surface area contributed by atoms with E-state index in [9.17, 15) is 0 Å². The standard InChI is InChI=1S/C13H14Cl2N2/c1-4-9-12(15)10-7-8(14)5-6-11(10)16-13(9)17(2)3/h5-7H,4H2,1-3H3. The average Bonchev–Trinajstić information content (AvgIpc) is 2.29. The van der Waals surface area contributed by atoms with Crippen molar-refractivity contribution in [1.29, 1.82) is 0 Å². The fraction of sp³-hybridized carbons (Fsp3) is 0.308. The van der Waals surface area contributed by atoms with Crippen LogP contribution >= 0.6 is 23.2 Å². The first-order valence-electron chi connectivity index (χ1n) is 5.49. The molecule has 0 N–H and O–H groups in total. The molecule has 90 valence electrons. The van der Waals surface area contributed by atoms with Gasteiger partial charge in [-0.2, -0.15) is 0 Å². The topological polar surface area (TPSA) is 16.1 Å². The molecule has 0 spiro atoms. The number of anilines is 1. The summed E-state index contributed by atoms with van der Waals surface area (Å²) in [5.74, 6) is 0.923. The highest BCUT2D eigenvalue weighted by molar-refractivity contribution is 6.37. The third-order valence-corrected chi connectivity index (χ3v) is 3.40. The maximum absolute atomic E-state index is 6.44. The van der Waals surface area contributed by atoms with E-state index in [1.54, 1.807) is 0 Å². The van der Waals surface area contributed by atoms with Crippen molar-refractivity contribution in [3.05, 3.63) is 33.8 Å². The smallest absolute Gasteiger partial charge is 0.133 e. The van der Waals surface area contributed by atoms with Crippen LogP contribution in [-0.4, -0.2) is 19.1 Å². The van der Waals surface area contributed by atoms with Crippen molar-refractivity contribution in [2.24, 2.45) is 0 Å². The van der Waals surface area contributed by atoms with Crippen LogP contribution in [0.5, 0.6) is 0 Å². The van der Waals surface area contributed by atoms with E-state index >= 15 is 0 Å². The van der Waals surface area contributed by atoms with E-state index in [2.05, 4.69) is 11.9 Å². The lowest BCUT2D eigenvalue weighted by Gasteiger charge is -2.18. The molecule has 17 heavy (non-hydrogen) atoms. The average molecular weight is 269 g/mol. The molecule has 0 saturated carbocycles. The summed E-state index contributed by atoms with van der Waals surface area (Å²) in [5.41, 5.74) is 1.94. The molecule has 2 aromatic rings. The molecule has 4 heteroatoms. The van der Waals surface area contributed by atoms with Crippen LogP contribution in [0.4, 0.5) is 5.82 Å². The summed E-state index contributed by atoms with van der Waals surface area (Å²) in [4.78, 5) is 6.62. The number of pyridine rings is 1. The number of nitrogens with zero attached hydrogens (tertiary/aromatic N) is 2. The Bertz CT molecular complexity index is 565. The van der Waals surface area contributed by atoms with E-state index in [0.29, 0.717) is 5.02 Å². The number of halogens is 2. The third-order valence-electron chi connectivity index (χ3n) is 2.73. The zero-order valence-corrected chi connectivity index (χ0v) is 11.6. The molecule has 1 heterocycles. The van der Waals surface area contributed by atoms with E-state index in [0.717, 1.165) is 33.7 Å². The quantitative estimate of drug-likeness (QED) is 0.813. The highest BCUT2D eigenvalue weighted by Gasteiger charge is 2.13. The van der Waals surface area contributed by atoms with Crippen molar-refractivity contribution in [2.75, 3.05) is 19.0 Å². The Balaban J connectivity index is 2.83. The first kappa shape index (κ1) is 12.5. The molecule has 0 aliphatic heterocycles. The molecule has 0 aliphatic carbocycles. The first-order valence-corrected chi connectivity index (χ1v) is 6.25. The van der Waals surface area contributed by atoms with Crippen LogP contribution in [-0.2, 0) is 6.42 Å². The second-order valence-corrected chi connectivity index (χ2v) is 4.95. The van der Waals surface area contributed by atoms with Gasteiger partial charge in [-0.15, -0.1) is 0 Å². The molecule has 2 nitrogen and oxygen atoms in total. The van der Waals surface area contributed by atoms with Crippen LogP contribution in [0.3, 0.4) is 0 Å². The maximum atomic E-state index is 6.44. The van der Waals surface area contributed by atoms with Crippen molar-refractivity contribution in [1.82, 2.24) is 4.98 Å². The summed E-state index contributed by atoms with van der Waals surface area (Å²) < 4.78 is 0. The molecule has 0 bridgehead atoms. The van der Waals surface area contributed by atoms with Crippen molar-refractivity contribution in [2.45, 2.75) is 13.3 Å². The van der Waals surface area contributed by atoms with Crippen LogP contribution < -0.4 is 4.90 Å². The molecule has 0 saturated heterocycles. The van der Waals surface area contributed by atoms with Crippen molar-refractivity contribution < 1.29 is 0 Å². The Hall–Kier alpha value is -0.990. The van der Waals surface area contributed by atoms with Crippen LogP contribution in [0, 0.1) is 0 Å². The number of hydrogen-bond donors (Lipinski definition) is 0. The van der Waals surface area contributed by atoms with Gasteiger partial charge in [-0.3, -0.25) is 0 Å². The fourth-order valence-corrected chi connectivity index (χ4v) is 2.45. The molecule has 2 rings (SSSR count). The van der Waals surface area contributed by atoms with Gasteiger partial charge >= 0.3 is 0 Å². The van der Waals surface area contributed by atoms with Gasteiger partial charge in [0, 0.05) is 30.1 Å². The minimum absolute atomic E-state index is 0.681. The van der Waals surface area contributed by atoms with Crippen LogP contribution in [0.1, 0.15) is 12.5 Å². The lowest BCUT2D eigenvalue weighted by Crippen LogP contribution is -2.13. The number of hydrogen-bond acceptors (Lipinski definition) is 2. The van der Waals surface area contributed by atoms with Gasteiger partial charge in [0.05, 0.1) is 10.5 Å². The second-order valence-electron chi connectivity index (χ2n) is 4.14. The summed E-state index contributed by atoms with van der Waals surface area (Å²) in [6, 6.07) is 5.60. The van der Waals surface area contributed by atoms with Gasteiger partial charge in [-0.1, -0.05) is 30.1 Å². The SMILES string of the molecule is CCc1c(N(C)C)nc2ccc(Cl)cc2c1Cl. The summed E-state index contributed by atoms with van der Waals surface area (Å²) in [6.45, 7) is 2.08. The maximum Gasteiger partial charge on any atom is 0.133 e. The van der Waals surface area contributed by atoms with E-state index in [1.807, 2.05) is 37.2 Å². The largest absolute Gasteiger partial charge is 0.362 e. The number of aromatic nitrogens is 1. The fourth-order valence-electron chi connectivity index (χ4n) is 1.91. The van der Waals surface area contributed by atoms with Crippen molar-refractivity contribution >= 4 is 39.9 Å². The monoisotopic (exact) mass is 268 g/mol. The predicted molar refractivity (Wildman–Crippen MR) is 75.5 cm³/mol. The van der Waals surface area contributed by atoms with Gasteiger partial charge in [0.2, 0.25) is 0 Å². The van der Waals surface area contributed by atoms with Gasteiger partial charge in [0.15, 0.2) is 0 Å². The molecular formula is C13H14Cl2N2. The number of benzene rings is 1. The normalized spacial score (nSPS) is 10.9. The summed E-state index contributed by atoms with van der Waals surface area (Å²) in [5, 5.41) is 2.35. The van der Waals surface area contributed by atoms with E-state index < -0.39 is 0 Å². The number of fused-ring (bicyclic) bond motifs is 1. The molecule has 0 aliphatic rings. The summed E-state index contributed by atoms with van der Waals surface area (Å²) in [6.07, 6.45) is 0.849. The third kappa shape index (κ3) is 2.20. The van der Waals surface area contributed by atoms with Gasteiger partial charge in [-0.25, -0.2) is 4.98 Å². The van der Waals surface area contributed by atoms with E-state index in [-0.39, 0.29) is 0 Å². The molecule has 0 radical (unpaired) electrons. The Morgan fingerprint density at radius 1 is 1.24 bits per heavy atom. The molecule has 0 amide bonds. The minimum atomic E-state index is 0.681. The molecule has 0 fully saturated rings. The minimum Gasteiger partial charge on any atom is -0.362 e. The Labute approximate surface area is 111 Å². The van der Waals surface area contributed by atoms with Crippen molar-refractivity contribution in [3.8, 4) is 0 Å². The second kappa shape index (κ2) is 4.71. The zero-order chi connectivity index (χ0) is 12.6. The van der Waals surface area contributed by atoms with E-state index in [4.69, 9.17) is 23.2 Å². The highest BCUT2D eigenvalue weighted by atomic mass is 35.5. The highest BCUT2D eigenvalue weighted by Crippen LogP contribution is 2.33. The lowest BCUT2D eigenvalue weighted by atomic mass is 10.1. The Morgan fingerprint density at radius 2 is 1.94 bits per heavy atom. The van der Waals surface area contributed by atoms with Crippen molar-refractivity contribution in [3.63, 3.8) is 0 Å². The van der Waals surface area contributed by atoms with Gasteiger partial charge in [-0.05, 0) is 24.6 Å². The molecular weight excluding hydrogens is 255 g/mol. The molecule has 1 aromatic heterocycles. The summed E-state index contributed by atoms with van der Waals surface area (Å²) >= 11 is 12.4. The lowest BCUT2D eigenvalue weighted by molar-refractivity contribution is 1.02.